The van der Waals surface area contributed by atoms with Gasteiger partial charge in [0.1, 0.15) is 11.7 Å². The van der Waals surface area contributed by atoms with E-state index < -0.39 is 0 Å². The molecule has 1 saturated carbocycles. The highest BCUT2D eigenvalue weighted by Gasteiger charge is 2.23. The Kier molecular flexibility index (Phi) is 4.05. The summed E-state index contributed by atoms with van der Waals surface area (Å²) < 4.78 is 6.76. The van der Waals surface area contributed by atoms with Crippen molar-refractivity contribution in [2.24, 2.45) is 0 Å². The molecule has 6 nitrogen and oxygen atoms in total. The summed E-state index contributed by atoms with van der Waals surface area (Å²) in [5.74, 6) is 0.734. The van der Waals surface area contributed by atoms with Crippen LogP contribution in [0.2, 0.25) is 5.02 Å². The van der Waals surface area contributed by atoms with Crippen molar-refractivity contribution in [3.8, 4) is 5.88 Å². The molecule has 2 aromatic heterocycles. The number of aromatic nitrogens is 3. The van der Waals surface area contributed by atoms with Gasteiger partial charge in [0, 0.05) is 11.6 Å². The van der Waals surface area contributed by atoms with E-state index in [2.05, 4.69) is 33.6 Å². The number of pyridine rings is 1. The number of nitrogens with one attached hydrogen (secondary N) is 1. The van der Waals surface area contributed by atoms with Gasteiger partial charge in [-0.1, -0.05) is 17.7 Å². The molecule has 0 atom stereocenters. The van der Waals surface area contributed by atoms with Crippen molar-refractivity contribution in [3.63, 3.8) is 0 Å². The van der Waals surface area contributed by atoms with Gasteiger partial charge in [-0.15, -0.1) is 0 Å². The zero-order valence-electron chi connectivity index (χ0n) is 13.7. The van der Waals surface area contributed by atoms with Crippen molar-refractivity contribution in [1.82, 2.24) is 20.1 Å². The Labute approximate surface area is 149 Å². The van der Waals surface area contributed by atoms with Crippen molar-refractivity contribution < 1.29 is 9.53 Å². The molecule has 1 aliphatic rings. The van der Waals surface area contributed by atoms with Crippen LogP contribution >= 0.6 is 11.6 Å². The van der Waals surface area contributed by atoms with Crippen LogP contribution in [0.4, 0.5) is 0 Å². The molecule has 3 aromatic rings. The van der Waals surface area contributed by atoms with Crippen molar-refractivity contribution in [2.45, 2.75) is 25.4 Å². The first-order chi connectivity index (χ1) is 12.2. The second-order valence-electron chi connectivity index (χ2n) is 6.12. The number of ether oxygens (including phenoxy) is 1. The lowest BCUT2D eigenvalue weighted by Crippen LogP contribution is -2.26. The molecule has 1 fully saturated rings. The van der Waals surface area contributed by atoms with Crippen molar-refractivity contribution in [3.05, 3.63) is 52.8 Å². The summed E-state index contributed by atoms with van der Waals surface area (Å²) in [4.78, 5) is 16.3. The van der Waals surface area contributed by atoms with Crippen LogP contribution in [0.1, 0.15) is 34.7 Å². The predicted octanol–water partition coefficient (Wildman–Crippen LogP) is 3.36. The third-order valence-electron chi connectivity index (χ3n) is 4.37. The Bertz CT molecular complexity index is 949. The number of nitrogens with zero attached hydrogens (tertiary/aromatic N) is 3. The molecule has 1 amide bonds. The van der Waals surface area contributed by atoms with Gasteiger partial charge < -0.3 is 10.1 Å². The van der Waals surface area contributed by atoms with E-state index in [0.717, 1.165) is 10.9 Å². The first-order valence-corrected chi connectivity index (χ1v) is 8.46. The number of halogens is 1. The van der Waals surface area contributed by atoms with E-state index in [4.69, 9.17) is 16.3 Å². The number of carbonyl (C=O) groups is 1. The van der Waals surface area contributed by atoms with Crippen LogP contribution in [0.15, 0.2) is 36.7 Å². The standard InChI is InChI=1S/C18H17ClN4O2/c1-25-18-15(19)7-14(8-20-18)17(24)21-10-23-16-5-4-12(11-2-3-11)6-13(16)9-22-23/h4-9,11H,2-3,10H2,1H3,(H,21,24). The summed E-state index contributed by atoms with van der Waals surface area (Å²) in [6, 6.07) is 7.93. The topological polar surface area (TPSA) is 69.0 Å². The highest BCUT2D eigenvalue weighted by Crippen LogP contribution is 2.40. The Morgan fingerprint density at radius 3 is 2.92 bits per heavy atom. The van der Waals surface area contributed by atoms with Crippen molar-refractivity contribution >= 4 is 28.4 Å². The van der Waals surface area contributed by atoms with Crippen LogP contribution in [0.3, 0.4) is 0 Å². The molecule has 128 valence electrons. The van der Waals surface area contributed by atoms with Gasteiger partial charge in [0.2, 0.25) is 5.88 Å². The number of carbonyl (C=O) groups excluding carboxylic acids is 1. The summed E-state index contributed by atoms with van der Waals surface area (Å²) in [5.41, 5.74) is 2.74. The zero-order chi connectivity index (χ0) is 17.4. The quantitative estimate of drug-likeness (QED) is 0.761. The van der Waals surface area contributed by atoms with Crippen LogP contribution < -0.4 is 10.1 Å². The molecule has 0 unspecified atom stereocenters. The number of benzene rings is 1. The minimum Gasteiger partial charge on any atom is -0.480 e. The van der Waals surface area contributed by atoms with Gasteiger partial charge >= 0.3 is 0 Å². The average Bonchev–Trinajstić information content (AvgIpc) is 3.40. The normalized spacial score (nSPS) is 13.8. The lowest BCUT2D eigenvalue weighted by molar-refractivity contribution is 0.0940. The largest absolute Gasteiger partial charge is 0.480 e. The van der Waals surface area contributed by atoms with E-state index in [1.54, 1.807) is 4.68 Å². The minimum atomic E-state index is -0.268. The zero-order valence-corrected chi connectivity index (χ0v) is 14.5. The van der Waals surface area contributed by atoms with Gasteiger partial charge in [0.25, 0.3) is 5.91 Å². The highest BCUT2D eigenvalue weighted by molar-refractivity contribution is 6.32. The van der Waals surface area contributed by atoms with Gasteiger partial charge in [-0.25, -0.2) is 9.67 Å². The third-order valence-corrected chi connectivity index (χ3v) is 4.64. The van der Waals surface area contributed by atoms with Crippen LogP contribution in [-0.2, 0) is 6.67 Å². The Hall–Kier alpha value is -2.60. The Balaban J connectivity index is 1.48. The predicted molar refractivity (Wildman–Crippen MR) is 95.0 cm³/mol. The number of hydrogen-bond acceptors (Lipinski definition) is 4. The maximum Gasteiger partial charge on any atom is 0.254 e. The Morgan fingerprint density at radius 1 is 1.36 bits per heavy atom. The van der Waals surface area contributed by atoms with Crippen LogP contribution in [0, 0.1) is 0 Å². The van der Waals surface area contributed by atoms with E-state index in [-0.39, 0.29) is 12.6 Å². The molecule has 0 radical (unpaired) electrons. The molecular weight excluding hydrogens is 340 g/mol. The molecular formula is C18H17ClN4O2. The summed E-state index contributed by atoms with van der Waals surface area (Å²) >= 11 is 6.01. The van der Waals surface area contributed by atoms with Gasteiger partial charge in [0.15, 0.2) is 0 Å². The maximum absolute atomic E-state index is 12.3. The molecule has 2 heterocycles. The summed E-state index contributed by atoms with van der Waals surface area (Å²) in [6.07, 6.45) is 5.81. The summed E-state index contributed by atoms with van der Waals surface area (Å²) in [7, 11) is 1.48. The molecule has 4 rings (SSSR count). The lowest BCUT2D eigenvalue weighted by atomic mass is 10.1. The second kappa shape index (κ2) is 6.37. The molecule has 7 heteroatoms. The van der Waals surface area contributed by atoms with Gasteiger partial charge in [-0.05, 0) is 42.5 Å². The lowest BCUT2D eigenvalue weighted by Gasteiger charge is -2.08. The number of hydrogen-bond donors (Lipinski definition) is 1. The molecule has 25 heavy (non-hydrogen) atoms. The molecule has 0 aliphatic heterocycles. The van der Waals surface area contributed by atoms with Gasteiger partial charge in [0.05, 0.1) is 24.4 Å². The van der Waals surface area contributed by atoms with Gasteiger partial charge in [-0.3, -0.25) is 4.79 Å². The number of rotatable bonds is 5. The van der Waals surface area contributed by atoms with E-state index >= 15 is 0 Å². The number of fused-ring (bicyclic) bond motifs is 1. The van der Waals surface area contributed by atoms with Crippen LogP contribution in [0.25, 0.3) is 10.9 Å². The van der Waals surface area contributed by atoms with Gasteiger partial charge in [-0.2, -0.15) is 5.10 Å². The smallest absolute Gasteiger partial charge is 0.254 e. The number of methoxy groups -OCH3 is 1. The summed E-state index contributed by atoms with van der Waals surface area (Å²) in [6.45, 7) is 0.273. The van der Waals surface area contributed by atoms with E-state index in [0.29, 0.717) is 22.4 Å². The minimum absolute atomic E-state index is 0.268. The van der Waals surface area contributed by atoms with Crippen molar-refractivity contribution in [2.75, 3.05) is 7.11 Å². The fourth-order valence-electron chi connectivity index (χ4n) is 2.85. The summed E-state index contributed by atoms with van der Waals surface area (Å²) in [5, 5.41) is 8.59. The fraction of sp³-hybridized carbons (Fsp3) is 0.278. The molecule has 0 bridgehead atoms. The molecule has 1 aliphatic carbocycles. The Morgan fingerprint density at radius 2 is 2.20 bits per heavy atom. The SMILES string of the molecule is COc1ncc(C(=O)NCn2ncc3cc(C4CC4)ccc32)cc1Cl. The van der Waals surface area contributed by atoms with Crippen LogP contribution in [0.5, 0.6) is 5.88 Å². The first-order valence-electron chi connectivity index (χ1n) is 8.09. The third kappa shape index (κ3) is 3.17. The first kappa shape index (κ1) is 15.9. The highest BCUT2D eigenvalue weighted by atomic mass is 35.5. The average molecular weight is 357 g/mol. The fourth-order valence-corrected chi connectivity index (χ4v) is 3.09. The monoisotopic (exact) mass is 356 g/mol. The van der Waals surface area contributed by atoms with Crippen LogP contribution in [-0.4, -0.2) is 27.8 Å². The van der Waals surface area contributed by atoms with E-state index in [1.807, 2.05) is 6.20 Å². The molecule has 1 N–H and O–H groups in total. The second-order valence-corrected chi connectivity index (χ2v) is 6.52. The molecule has 0 saturated heterocycles. The number of amides is 1. The van der Waals surface area contributed by atoms with E-state index in [9.17, 15) is 4.79 Å². The van der Waals surface area contributed by atoms with Crippen molar-refractivity contribution in [1.29, 1.82) is 0 Å². The molecule has 0 spiro atoms. The van der Waals surface area contributed by atoms with E-state index in [1.165, 1.54) is 37.8 Å². The maximum atomic E-state index is 12.3. The molecule has 1 aromatic carbocycles.